The van der Waals surface area contributed by atoms with Crippen molar-refractivity contribution in [3.8, 4) is 0 Å². The van der Waals surface area contributed by atoms with E-state index in [4.69, 9.17) is 14.7 Å². The van der Waals surface area contributed by atoms with Gasteiger partial charge >= 0.3 is 6.09 Å². The van der Waals surface area contributed by atoms with Crippen LogP contribution in [0.3, 0.4) is 0 Å². The lowest BCUT2D eigenvalue weighted by atomic mass is 10.0. The molecule has 7 nitrogen and oxygen atoms in total. The molecule has 1 aliphatic carbocycles. The van der Waals surface area contributed by atoms with Crippen LogP contribution < -0.4 is 4.90 Å². The van der Waals surface area contributed by atoms with Gasteiger partial charge in [0.1, 0.15) is 11.2 Å². The lowest BCUT2D eigenvalue weighted by Crippen LogP contribution is -2.36. The predicted octanol–water partition coefficient (Wildman–Crippen LogP) is 7.72. The fourth-order valence-electron chi connectivity index (χ4n) is 4.78. The zero-order valence-electron chi connectivity index (χ0n) is 23.6. The molecule has 3 heterocycles. The van der Waals surface area contributed by atoms with Crippen molar-refractivity contribution >= 4 is 29.0 Å². The van der Waals surface area contributed by atoms with Gasteiger partial charge in [0.15, 0.2) is 5.82 Å². The largest absolute Gasteiger partial charge is 0.443 e. The maximum atomic E-state index is 13.5. The third kappa shape index (κ3) is 6.35. The number of aliphatic imine (C=N–C) groups is 1. The number of nitrogens with zero attached hydrogens (tertiary/aromatic N) is 5. The van der Waals surface area contributed by atoms with Gasteiger partial charge in [0.25, 0.3) is 0 Å². The summed E-state index contributed by atoms with van der Waals surface area (Å²) in [5.74, 6) is 1.14. The molecule has 0 aliphatic heterocycles. The van der Waals surface area contributed by atoms with Gasteiger partial charge in [-0.25, -0.2) is 19.8 Å². The Morgan fingerprint density at radius 1 is 0.951 bits per heavy atom. The van der Waals surface area contributed by atoms with E-state index in [2.05, 4.69) is 17.2 Å². The average molecular weight is 544 g/mol. The number of anilines is 1. The number of benzene rings is 2. The molecule has 5 aromatic rings. The van der Waals surface area contributed by atoms with Crippen LogP contribution in [0.2, 0.25) is 0 Å². The lowest BCUT2D eigenvalue weighted by molar-refractivity contribution is 0.0577. The maximum absolute atomic E-state index is 13.5. The molecule has 41 heavy (non-hydrogen) atoms. The standard InChI is InChI=1S/C34H33N5O2/c1-34(2,3)41-33(40)39(23-28-22-38-21-27(24-14-15-24)16-17-31(38)36-28)29-18-19-35-30(20-29)37-32(25-10-6-4-7-11-25)26-12-8-5-9-13-26/h4-13,16-22,24H,14-15,23H2,1-3H3. The van der Waals surface area contributed by atoms with E-state index in [1.165, 1.54) is 18.4 Å². The van der Waals surface area contributed by atoms with E-state index < -0.39 is 11.7 Å². The summed E-state index contributed by atoms with van der Waals surface area (Å²) < 4.78 is 7.86. The number of fused-ring (bicyclic) bond motifs is 1. The number of pyridine rings is 2. The van der Waals surface area contributed by atoms with Gasteiger partial charge in [-0.15, -0.1) is 0 Å². The first kappa shape index (κ1) is 26.4. The Bertz CT molecular complexity index is 1660. The molecule has 0 N–H and O–H groups in total. The molecular weight excluding hydrogens is 510 g/mol. The minimum atomic E-state index is -0.658. The number of hydrogen-bond donors (Lipinski definition) is 0. The van der Waals surface area contributed by atoms with Crippen molar-refractivity contribution in [2.45, 2.75) is 51.7 Å². The number of imidazole rings is 1. The topological polar surface area (TPSA) is 72.1 Å². The zero-order valence-corrected chi connectivity index (χ0v) is 23.6. The number of amides is 1. The zero-order chi connectivity index (χ0) is 28.4. The normalized spacial score (nSPS) is 13.1. The summed E-state index contributed by atoms with van der Waals surface area (Å²) in [5, 5.41) is 0. The van der Waals surface area contributed by atoms with E-state index in [1.807, 2.05) is 104 Å². The molecule has 1 aliphatic rings. The second-order valence-electron chi connectivity index (χ2n) is 11.4. The number of carbonyl (C=O) groups is 1. The number of aromatic nitrogens is 3. The van der Waals surface area contributed by atoms with Gasteiger partial charge in [0, 0.05) is 35.8 Å². The Kier molecular flexibility index (Phi) is 7.10. The fraction of sp³-hybridized carbons (Fsp3) is 0.235. The van der Waals surface area contributed by atoms with Crippen LogP contribution in [-0.4, -0.2) is 31.8 Å². The van der Waals surface area contributed by atoms with Gasteiger partial charge < -0.3 is 9.14 Å². The van der Waals surface area contributed by atoms with E-state index >= 15 is 0 Å². The van der Waals surface area contributed by atoms with Crippen molar-refractivity contribution in [1.29, 1.82) is 0 Å². The third-order valence-electron chi connectivity index (χ3n) is 6.87. The smallest absolute Gasteiger partial charge is 0.415 e. The van der Waals surface area contributed by atoms with Crippen LogP contribution in [0.1, 0.15) is 61.9 Å². The molecule has 3 aromatic heterocycles. The Hall–Kier alpha value is -4.78. The minimum Gasteiger partial charge on any atom is -0.443 e. The molecule has 1 fully saturated rings. The van der Waals surface area contributed by atoms with Gasteiger partial charge in [-0.2, -0.15) is 0 Å². The minimum absolute atomic E-state index is 0.243. The number of rotatable bonds is 7. The van der Waals surface area contributed by atoms with E-state index in [9.17, 15) is 4.79 Å². The predicted molar refractivity (Wildman–Crippen MR) is 162 cm³/mol. The Labute approximate surface area is 240 Å². The van der Waals surface area contributed by atoms with Gasteiger partial charge in [-0.1, -0.05) is 66.7 Å². The summed E-state index contributed by atoms with van der Waals surface area (Å²) in [5.41, 5.74) is 5.67. The molecule has 1 saturated carbocycles. The molecule has 7 heteroatoms. The van der Waals surface area contributed by atoms with Crippen molar-refractivity contribution in [3.63, 3.8) is 0 Å². The van der Waals surface area contributed by atoms with Crippen LogP contribution in [0.5, 0.6) is 0 Å². The highest BCUT2D eigenvalue weighted by Crippen LogP contribution is 2.40. The molecule has 206 valence electrons. The van der Waals surface area contributed by atoms with Gasteiger partial charge in [-0.3, -0.25) is 4.90 Å². The lowest BCUT2D eigenvalue weighted by Gasteiger charge is -2.27. The molecule has 2 aromatic carbocycles. The number of hydrogen-bond acceptors (Lipinski definition) is 5. The summed E-state index contributed by atoms with van der Waals surface area (Å²) >= 11 is 0. The molecular formula is C34H33N5O2. The molecule has 1 amide bonds. The fourth-order valence-corrected chi connectivity index (χ4v) is 4.78. The second kappa shape index (κ2) is 11.0. The van der Waals surface area contributed by atoms with Crippen LogP contribution in [0.25, 0.3) is 5.65 Å². The molecule has 0 spiro atoms. The van der Waals surface area contributed by atoms with E-state index in [0.717, 1.165) is 28.2 Å². The van der Waals surface area contributed by atoms with Gasteiger partial charge in [-0.05, 0) is 57.2 Å². The van der Waals surface area contributed by atoms with Crippen LogP contribution in [-0.2, 0) is 11.3 Å². The van der Waals surface area contributed by atoms with Crippen molar-refractivity contribution in [2.75, 3.05) is 4.90 Å². The SMILES string of the molecule is CC(C)(C)OC(=O)N(Cc1cn2cc(C3CC3)ccc2n1)c1ccnc(N=C(c2ccccc2)c2ccccc2)c1. The summed E-state index contributed by atoms with van der Waals surface area (Å²) in [7, 11) is 0. The maximum Gasteiger partial charge on any atom is 0.415 e. The van der Waals surface area contributed by atoms with Crippen LogP contribution in [0, 0.1) is 0 Å². The monoisotopic (exact) mass is 543 g/mol. The molecule has 6 rings (SSSR count). The molecule has 0 bridgehead atoms. The van der Waals surface area contributed by atoms with Crippen molar-refractivity contribution in [3.05, 3.63) is 126 Å². The quantitative estimate of drug-likeness (QED) is 0.197. The Balaban J connectivity index is 1.37. The Morgan fingerprint density at radius 2 is 1.63 bits per heavy atom. The highest BCUT2D eigenvalue weighted by atomic mass is 16.6. The van der Waals surface area contributed by atoms with Gasteiger partial charge in [0.2, 0.25) is 0 Å². The van der Waals surface area contributed by atoms with Crippen LogP contribution in [0.4, 0.5) is 16.3 Å². The Morgan fingerprint density at radius 3 is 2.27 bits per heavy atom. The second-order valence-corrected chi connectivity index (χ2v) is 11.4. The number of carbonyl (C=O) groups excluding carboxylic acids is 1. The summed E-state index contributed by atoms with van der Waals surface area (Å²) in [4.78, 5) is 29.4. The van der Waals surface area contributed by atoms with Crippen molar-refractivity contribution < 1.29 is 9.53 Å². The molecule has 0 radical (unpaired) electrons. The third-order valence-corrected chi connectivity index (χ3v) is 6.87. The highest BCUT2D eigenvalue weighted by molar-refractivity contribution is 6.13. The van der Waals surface area contributed by atoms with Crippen molar-refractivity contribution in [1.82, 2.24) is 14.4 Å². The van der Waals surface area contributed by atoms with E-state index in [0.29, 0.717) is 17.4 Å². The average Bonchev–Trinajstić information content (AvgIpc) is 3.74. The molecule has 0 atom stereocenters. The summed E-state index contributed by atoms with van der Waals surface area (Å²) in [6.45, 7) is 5.83. The first-order valence-corrected chi connectivity index (χ1v) is 14.0. The molecule has 0 unspecified atom stereocenters. The van der Waals surface area contributed by atoms with Crippen LogP contribution >= 0.6 is 0 Å². The summed E-state index contributed by atoms with van der Waals surface area (Å²) in [6.07, 6.45) is 7.83. The van der Waals surface area contributed by atoms with Crippen molar-refractivity contribution in [2.24, 2.45) is 4.99 Å². The van der Waals surface area contributed by atoms with Crippen LogP contribution in [0.15, 0.2) is 109 Å². The van der Waals surface area contributed by atoms with E-state index in [-0.39, 0.29) is 6.54 Å². The van der Waals surface area contributed by atoms with E-state index in [1.54, 1.807) is 17.2 Å². The van der Waals surface area contributed by atoms with Gasteiger partial charge in [0.05, 0.1) is 23.6 Å². The highest BCUT2D eigenvalue weighted by Gasteiger charge is 2.26. The molecule has 0 saturated heterocycles. The first-order chi connectivity index (χ1) is 19.8. The number of ether oxygens (including phenoxy) is 1. The summed E-state index contributed by atoms with van der Waals surface area (Å²) in [6, 6.07) is 27.9. The first-order valence-electron chi connectivity index (χ1n) is 14.0.